The Balaban J connectivity index is 0.00000242. The number of hydrogen-bond acceptors (Lipinski definition) is 7. The third kappa shape index (κ3) is 7.17. The topological polar surface area (TPSA) is 114 Å². The summed E-state index contributed by atoms with van der Waals surface area (Å²) in [5, 5.41) is 0. The van der Waals surface area contributed by atoms with Gasteiger partial charge in [-0.05, 0) is 48.5 Å². The molecule has 2 rings (SSSR count). The Labute approximate surface area is 183 Å². The molecule has 23 heavy (non-hydrogen) atoms. The Bertz CT molecular complexity index is 773. The Morgan fingerprint density at radius 2 is 0.870 bits per heavy atom. The Kier molecular flexibility index (Phi) is 9.59. The van der Waals surface area contributed by atoms with Gasteiger partial charge in [0, 0.05) is 9.79 Å². The van der Waals surface area contributed by atoms with Crippen LogP contribution in [-0.2, 0) is 20.2 Å². The normalized spacial score (nSPS) is 11.2. The van der Waals surface area contributed by atoms with Gasteiger partial charge in [0.15, 0.2) is 0 Å². The second kappa shape index (κ2) is 9.35. The van der Waals surface area contributed by atoms with Crippen molar-refractivity contribution in [3.8, 4) is 0 Å². The van der Waals surface area contributed by atoms with Crippen LogP contribution < -0.4 is 59.1 Å². The molecule has 0 aliphatic rings. The third-order valence-electron chi connectivity index (χ3n) is 2.46. The van der Waals surface area contributed by atoms with Crippen LogP contribution in [0.5, 0.6) is 0 Å². The smallest absolute Gasteiger partial charge is 0.744 e. The molecule has 0 atom stereocenters. The van der Waals surface area contributed by atoms with E-state index in [2.05, 4.69) is 0 Å². The molecule has 0 saturated heterocycles. The fourth-order valence-corrected chi connectivity index (χ4v) is 3.24. The van der Waals surface area contributed by atoms with Crippen molar-refractivity contribution < 1.29 is 85.1 Å². The summed E-state index contributed by atoms with van der Waals surface area (Å²) >= 11 is 1.23. The molecule has 0 amide bonds. The molecule has 6 nitrogen and oxygen atoms in total. The zero-order chi connectivity index (χ0) is 15.7. The summed E-state index contributed by atoms with van der Waals surface area (Å²) in [6, 6.07) is 10.6. The average molecular weight is 390 g/mol. The van der Waals surface area contributed by atoms with Crippen LogP contribution >= 0.6 is 11.8 Å². The summed E-state index contributed by atoms with van der Waals surface area (Å²) < 4.78 is 64.7. The van der Waals surface area contributed by atoms with Crippen LogP contribution in [-0.4, -0.2) is 25.9 Å². The summed E-state index contributed by atoms with van der Waals surface area (Å²) in [6.45, 7) is 0. The SMILES string of the molecule is O=S(=O)([O-])c1ccc(Sc2ccc(S(=O)(=O)[O-])cc2)cc1.[Na+].[Na+]. The molecule has 0 aliphatic carbocycles. The van der Waals surface area contributed by atoms with Crippen LogP contribution in [0, 0.1) is 0 Å². The van der Waals surface area contributed by atoms with E-state index >= 15 is 0 Å². The molecule has 0 radical (unpaired) electrons. The van der Waals surface area contributed by atoms with Crippen molar-refractivity contribution in [2.45, 2.75) is 19.6 Å². The van der Waals surface area contributed by atoms with Gasteiger partial charge in [-0.2, -0.15) is 0 Å². The van der Waals surface area contributed by atoms with E-state index in [4.69, 9.17) is 0 Å². The molecule has 0 heterocycles. The molecular weight excluding hydrogens is 382 g/mol. The van der Waals surface area contributed by atoms with Crippen LogP contribution in [0.25, 0.3) is 0 Å². The van der Waals surface area contributed by atoms with E-state index in [-0.39, 0.29) is 68.9 Å². The van der Waals surface area contributed by atoms with Crippen molar-refractivity contribution in [3.63, 3.8) is 0 Å². The molecule has 11 heteroatoms. The van der Waals surface area contributed by atoms with E-state index < -0.39 is 20.2 Å². The molecule has 0 saturated carbocycles. The van der Waals surface area contributed by atoms with Crippen LogP contribution in [0.15, 0.2) is 68.1 Å². The van der Waals surface area contributed by atoms with Crippen LogP contribution in [0.2, 0.25) is 0 Å². The van der Waals surface area contributed by atoms with Gasteiger partial charge < -0.3 is 9.11 Å². The van der Waals surface area contributed by atoms with Crippen molar-refractivity contribution >= 4 is 32.0 Å². The van der Waals surface area contributed by atoms with Gasteiger partial charge >= 0.3 is 59.1 Å². The van der Waals surface area contributed by atoms with Gasteiger partial charge in [-0.25, -0.2) is 16.8 Å². The first-order valence-electron chi connectivity index (χ1n) is 5.46. The van der Waals surface area contributed by atoms with Gasteiger partial charge in [0.05, 0.1) is 9.79 Å². The summed E-state index contributed by atoms with van der Waals surface area (Å²) in [4.78, 5) is 0.694. The Hall–Kier alpha value is 0.610. The number of hydrogen-bond donors (Lipinski definition) is 0. The van der Waals surface area contributed by atoms with Crippen molar-refractivity contribution in [1.82, 2.24) is 0 Å². The second-order valence-corrected chi connectivity index (χ2v) is 7.86. The first-order chi connectivity index (χ1) is 9.66. The van der Waals surface area contributed by atoms with E-state index in [0.29, 0.717) is 9.79 Å². The zero-order valence-corrected chi connectivity index (χ0v) is 18.7. The van der Waals surface area contributed by atoms with Crippen LogP contribution in [0.4, 0.5) is 0 Å². The minimum Gasteiger partial charge on any atom is -0.744 e. The minimum atomic E-state index is -4.48. The Morgan fingerprint density at radius 1 is 0.609 bits per heavy atom. The molecule has 0 aromatic heterocycles. The van der Waals surface area contributed by atoms with Gasteiger partial charge in [0.2, 0.25) is 0 Å². The standard InChI is InChI=1S/C12H10O6S3.2Na/c13-20(14,15)11-5-1-9(2-6-11)19-10-3-7-12(8-4-10)21(16,17)18;;/h1-8H,(H,13,14,15)(H,16,17,18);;/q;2*+1/p-2. The molecule has 0 N–H and O–H groups in total. The molecule has 0 unspecified atom stereocenters. The van der Waals surface area contributed by atoms with Crippen molar-refractivity contribution in [3.05, 3.63) is 48.5 Å². The third-order valence-corrected chi connectivity index (χ3v) is 5.18. The van der Waals surface area contributed by atoms with Crippen LogP contribution in [0.1, 0.15) is 0 Å². The summed E-state index contributed by atoms with van der Waals surface area (Å²) in [7, 11) is -8.95. The van der Waals surface area contributed by atoms with E-state index in [1.165, 1.54) is 60.3 Å². The summed E-state index contributed by atoms with van der Waals surface area (Å²) in [5.74, 6) is 0. The molecule has 0 aliphatic heterocycles. The molecule has 2 aromatic carbocycles. The quantitative estimate of drug-likeness (QED) is 0.383. The van der Waals surface area contributed by atoms with E-state index in [0.717, 1.165) is 0 Å². The predicted molar refractivity (Wildman–Crippen MR) is 72.9 cm³/mol. The molecule has 0 spiro atoms. The molecule has 0 bridgehead atoms. The van der Waals surface area contributed by atoms with Crippen molar-refractivity contribution in [2.75, 3.05) is 0 Å². The molecule has 112 valence electrons. The van der Waals surface area contributed by atoms with Gasteiger partial charge in [0.25, 0.3) is 0 Å². The minimum absolute atomic E-state index is 0. The fourth-order valence-electron chi connectivity index (χ4n) is 1.48. The molecule has 0 fully saturated rings. The maximum atomic E-state index is 10.8. The van der Waals surface area contributed by atoms with Crippen molar-refractivity contribution in [2.24, 2.45) is 0 Å². The van der Waals surface area contributed by atoms with Crippen LogP contribution in [0.3, 0.4) is 0 Å². The van der Waals surface area contributed by atoms with Gasteiger partial charge in [0.1, 0.15) is 20.2 Å². The molecular formula is C12H8Na2O6S3. The largest absolute Gasteiger partial charge is 1.00 e. The number of benzene rings is 2. The summed E-state index contributed by atoms with van der Waals surface area (Å²) in [5.41, 5.74) is 0. The molecule has 2 aromatic rings. The first-order valence-corrected chi connectivity index (χ1v) is 9.09. The van der Waals surface area contributed by atoms with E-state index in [1.54, 1.807) is 0 Å². The number of rotatable bonds is 4. The van der Waals surface area contributed by atoms with E-state index in [9.17, 15) is 25.9 Å². The average Bonchev–Trinajstić information content (AvgIpc) is 2.38. The predicted octanol–water partition coefficient (Wildman–Crippen LogP) is -4.35. The second-order valence-electron chi connectivity index (χ2n) is 3.95. The van der Waals surface area contributed by atoms with Crippen molar-refractivity contribution in [1.29, 1.82) is 0 Å². The van der Waals surface area contributed by atoms with E-state index in [1.807, 2.05) is 0 Å². The van der Waals surface area contributed by atoms with Gasteiger partial charge in [-0.1, -0.05) is 11.8 Å². The zero-order valence-electron chi connectivity index (χ0n) is 12.3. The van der Waals surface area contributed by atoms with Gasteiger partial charge in [-0.15, -0.1) is 0 Å². The fraction of sp³-hybridized carbons (Fsp3) is 0. The van der Waals surface area contributed by atoms with Gasteiger partial charge in [-0.3, -0.25) is 0 Å². The Morgan fingerprint density at radius 3 is 1.09 bits per heavy atom. The maximum absolute atomic E-state index is 10.8. The maximum Gasteiger partial charge on any atom is 1.00 e. The first kappa shape index (κ1) is 23.6. The monoisotopic (exact) mass is 390 g/mol. The summed E-state index contributed by atoms with van der Waals surface area (Å²) in [6.07, 6.45) is 0.